The molecule has 1 aromatic carbocycles. The minimum absolute atomic E-state index is 0.459. The van der Waals surface area contributed by atoms with E-state index < -0.39 is 0 Å². The van der Waals surface area contributed by atoms with E-state index in [0.29, 0.717) is 6.04 Å². The minimum Gasteiger partial charge on any atom is -0.313 e. The average Bonchev–Trinajstić information content (AvgIpc) is 2.55. The van der Waals surface area contributed by atoms with E-state index in [0.717, 1.165) is 5.25 Å². The summed E-state index contributed by atoms with van der Waals surface area (Å²) in [6, 6.07) is 7.33. The highest BCUT2D eigenvalue weighted by atomic mass is 32.2. The second-order valence-corrected chi connectivity index (χ2v) is 5.49. The van der Waals surface area contributed by atoms with Crippen LogP contribution in [0.4, 0.5) is 0 Å². The first-order valence-electron chi connectivity index (χ1n) is 5.17. The van der Waals surface area contributed by atoms with Crippen LogP contribution in [0.25, 0.3) is 0 Å². The van der Waals surface area contributed by atoms with Crippen LogP contribution in [-0.2, 0) is 6.42 Å². The van der Waals surface area contributed by atoms with Gasteiger partial charge in [0.2, 0.25) is 0 Å². The maximum atomic E-state index is 3.28. The van der Waals surface area contributed by atoms with Gasteiger partial charge in [0, 0.05) is 16.2 Å². The molecule has 1 nitrogen and oxygen atoms in total. The van der Waals surface area contributed by atoms with Crippen LogP contribution in [0.2, 0.25) is 0 Å². The largest absolute Gasteiger partial charge is 0.313 e. The van der Waals surface area contributed by atoms with E-state index in [1.807, 2.05) is 18.8 Å². The van der Waals surface area contributed by atoms with Gasteiger partial charge >= 0.3 is 0 Å². The number of benzene rings is 1. The van der Waals surface area contributed by atoms with Crippen LogP contribution in [0, 0.1) is 0 Å². The van der Waals surface area contributed by atoms with Crippen molar-refractivity contribution in [3.05, 3.63) is 29.3 Å². The van der Waals surface area contributed by atoms with E-state index in [1.54, 1.807) is 0 Å². The van der Waals surface area contributed by atoms with Gasteiger partial charge in [0.15, 0.2) is 0 Å². The Labute approximate surface area is 90.3 Å². The summed E-state index contributed by atoms with van der Waals surface area (Å²) in [7, 11) is 2.01. The predicted octanol–water partition coefficient (Wildman–Crippen LogP) is 3.00. The Morgan fingerprint density at radius 2 is 2.29 bits per heavy atom. The van der Waals surface area contributed by atoms with E-state index in [4.69, 9.17) is 0 Å². The molecule has 1 aliphatic heterocycles. The molecule has 2 atom stereocenters. The maximum absolute atomic E-state index is 3.28. The molecule has 2 unspecified atom stereocenters. The van der Waals surface area contributed by atoms with Crippen LogP contribution in [-0.4, -0.2) is 12.3 Å². The first-order chi connectivity index (χ1) is 6.70. The highest BCUT2D eigenvalue weighted by Crippen LogP contribution is 2.37. The zero-order valence-corrected chi connectivity index (χ0v) is 9.82. The minimum atomic E-state index is 0.459. The van der Waals surface area contributed by atoms with Gasteiger partial charge in [0.25, 0.3) is 0 Å². The fourth-order valence-corrected chi connectivity index (χ4v) is 3.01. The zero-order chi connectivity index (χ0) is 10.1. The van der Waals surface area contributed by atoms with Crippen molar-refractivity contribution in [3.63, 3.8) is 0 Å². The number of hydrogen-bond donors (Lipinski definition) is 1. The fraction of sp³-hybridized carbons (Fsp3) is 0.500. The molecule has 14 heavy (non-hydrogen) atoms. The molecule has 0 amide bonds. The third kappa shape index (κ3) is 1.82. The third-order valence-electron chi connectivity index (χ3n) is 2.85. The molecule has 1 N–H and O–H groups in total. The van der Waals surface area contributed by atoms with Crippen molar-refractivity contribution in [1.82, 2.24) is 5.32 Å². The fourth-order valence-electron chi connectivity index (χ4n) is 1.88. The van der Waals surface area contributed by atoms with Gasteiger partial charge in [0.05, 0.1) is 0 Å². The Morgan fingerprint density at radius 1 is 1.50 bits per heavy atom. The lowest BCUT2D eigenvalue weighted by atomic mass is 10.0. The van der Waals surface area contributed by atoms with Crippen molar-refractivity contribution < 1.29 is 0 Å². The van der Waals surface area contributed by atoms with Crippen molar-refractivity contribution in [1.29, 1.82) is 0 Å². The molecule has 0 aromatic heterocycles. The predicted molar refractivity (Wildman–Crippen MR) is 62.9 cm³/mol. The Bertz CT molecular complexity index is 335. The van der Waals surface area contributed by atoms with Crippen molar-refractivity contribution in [3.8, 4) is 0 Å². The standard InChI is InChI=1S/C12H17NS/c1-8-6-11-7-10(9(2)13-3)4-5-12(11)14-8/h4-5,7-9,13H,6H2,1-3H3. The van der Waals surface area contributed by atoms with Crippen molar-refractivity contribution in [2.45, 2.75) is 36.5 Å². The Hall–Kier alpha value is -0.470. The SMILES string of the molecule is CNC(C)c1ccc2c(c1)CC(C)S2. The van der Waals surface area contributed by atoms with Gasteiger partial charge in [-0.2, -0.15) is 0 Å². The third-order valence-corrected chi connectivity index (χ3v) is 4.07. The van der Waals surface area contributed by atoms with Crippen LogP contribution < -0.4 is 5.32 Å². The quantitative estimate of drug-likeness (QED) is 0.800. The summed E-state index contributed by atoms with van der Waals surface area (Å²) in [6.07, 6.45) is 1.23. The molecule has 0 spiro atoms. The van der Waals surface area contributed by atoms with Crippen molar-refractivity contribution in [2.24, 2.45) is 0 Å². The molecule has 1 aromatic rings. The molecule has 0 bridgehead atoms. The van der Waals surface area contributed by atoms with Gasteiger partial charge in [0.1, 0.15) is 0 Å². The molecule has 2 rings (SSSR count). The molecule has 0 saturated carbocycles. The molecular weight excluding hydrogens is 190 g/mol. The summed E-state index contributed by atoms with van der Waals surface area (Å²) >= 11 is 2.00. The monoisotopic (exact) mass is 207 g/mol. The number of hydrogen-bond acceptors (Lipinski definition) is 2. The first-order valence-corrected chi connectivity index (χ1v) is 6.05. The van der Waals surface area contributed by atoms with Gasteiger partial charge < -0.3 is 5.32 Å². The molecule has 1 heterocycles. The highest BCUT2D eigenvalue weighted by Gasteiger charge is 2.18. The Balaban J connectivity index is 2.28. The van der Waals surface area contributed by atoms with Crippen LogP contribution in [0.5, 0.6) is 0 Å². The number of nitrogens with one attached hydrogen (secondary N) is 1. The summed E-state index contributed by atoms with van der Waals surface area (Å²) in [6.45, 7) is 4.50. The summed E-state index contributed by atoms with van der Waals surface area (Å²) in [5.74, 6) is 0. The van der Waals surface area contributed by atoms with E-state index >= 15 is 0 Å². The molecule has 0 saturated heterocycles. The van der Waals surface area contributed by atoms with E-state index in [2.05, 4.69) is 37.4 Å². The molecule has 1 aliphatic rings. The Morgan fingerprint density at radius 3 is 3.00 bits per heavy atom. The highest BCUT2D eigenvalue weighted by molar-refractivity contribution is 8.00. The summed E-state index contributed by atoms with van der Waals surface area (Å²) < 4.78 is 0. The molecule has 0 fully saturated rings. The van der Waals surface area contributed by atoms with E-state index in [1.165, 1.54) is 22.4 Å². The van der Waals surface area contributed by atoms with Crippen LogP contribution in [0.3, 0.4) is 0 Å². The average molecular weight is 207 g/mol. The van der Waals surface area contributed by atoms with Crippen molar-refractivity contribution >= 4 is 11.8 Å². The van der Waals surface area contributed by atoms with Crippen LogP contribution in [0.1, 0.15) is 31.0 Å². The number of rotatable bonds is 2. The lowest BCUT2D eigenvalue weighted by molar-refractivity contribution is 0.650. The van der Waals surface area contributed by atoms with Crippen molar-refractivity contribution in [2.75, 3.05) is 7.05 Å². The van der Waals surface area contributed by atoms with Gasteiger partial charge in [-0.1, -0.05) is 19.1 Å². The number of thioether (sulfide) groups is 1. The van der Waals surface area contributed by atoms with Gasteiger partial charge in [-0.3, -0.25) is 0 Å². The summed E-state index contributed by atoms with van der Waals surface area (Å²) in [5.41, 5.74) is 2.93. The molecule has 0 aliphatic carbocycles. The lowest BCUT2D eigenvalue weighted by Crippen LogP contribution is -2.12. The van der Waals surface area contributed by atoms with Gasteiger partial charge in [-0.05, 0) is 37.6 Å². The Kier molecular flexibility index (Phi) is 2.84. The topological polar surface area (TPSA) is 12.0 Å². The van der Waals surface area contributed by atoms with E-state index in [9.17, 15) is 0 Å². The lowest BCUT2D eigenvalue weighted by Gasteiger charge is -2.11. The van der Waals surface area contributed by atoms with Crippen LogP contribution in [0.15, 0.2) is 23.1 Å². The first kappa shape index (κ1) is 10.1. The van der Waals surface area contributed by atoms with Gasteiger partial charge in [-0.25, -0.2) is 0 Å². The summed E-state index contributed by atoms with van der Waals surface area (Å²) in [4.78, 5) is 1.48. The zero-order valence-electron chi connectivity index (χ0n) is 9.00. The van der Waals surface area contributed by atoms with Crippen LogP contribution >= 0.6 is 11.8 Å². The van der Waals surface area contributed by atoms with E-state index in [-0.39, 0.29) is 0 Å². The maximum Gasteiger partial charge on any atom is 0.0289 e. The molecule has 0 radical (unpaired) electrons. The molecule has 76 valence electrons. The smallest absolute Gasteiger partial charge is 0.0289 e. The summed E-state index contributed by atoms with van der Waals surface area (Å²) in [5, 5.41) is 4.03. The molecular formula is C12H17NS. The molecule has 2 heteroatoms. The second-order valence-electron chi connectivity index (χ2n) is 4.01. The number of fused-ring (bicyclic) bond motifs is 1. The second kappa shape index (κ2) is 3.95. The van der Waals surface area contributed by atoms with Gasteiger partial charge in [-0.15, -0.1) is 11.8 Å². The normalized spacial score (nSPS) is 22.1.